The van der Waals surface area contributed by atoms with Gasteiger partial charge < -0.3 is 10.2 Å². The molecule has 2 heteroatoms. The minimum Gasteiger partial charge on any atom is -0.508 e. The molecule has 1 atom stereocenters. The number of phenols is 1. The predicted octanol–water partition coefficient (Wildman–Crippen LogP) is 3.32. The summed E-state index contributed by atoms with van der Waals surface area (Å²) in [6.45, 7) is 2.00. The molecule has 19 heavy (non-hydrogen) atoms. The molecule has 0 aromatic heterocycles. The van der Waals surface area contributed by atoms with Crippen LogP contribution in [0.15, 0.2) is 54.6 Å². The zero-order chi connectivity index (χ0) is 13.7. The molecule has 2 nitrogen and oxygen atoms in total. The quantitative estimate of drug-likeness (QED) is 0.861. The lowest BCUT2D eigenvalue weighted by Gasteiger charge is -2.27. The normalized spacial score (nSPS) is 14.0. The first kappa shape index (κ1) is 13.6. The van der Waals surface area contributed by atoms with E-state index < -0.39 is 5.60 Å². The summed E-state index contributed by atoms with van der Waals surface area (Å²) in [6.07, 6.45) is 1.94. The molecule has 0 fully saturated rings. The van der Waals surface area contributed by atoms with Crippen molar-refractivity contribution < 1.29 is 10.2 Å². The van der Waals surface area contributed by atoms with Crippen LogP contribution in [0.3, 0.4) is 0 Å². The highest BCUT2D eigenvalue weighted by molar-refractivity contribution is 5.27. The number of aliphatic hydroxyl groups is 1. The van der Waals surface area contributed by atoms with E-state index in [-0.39, 0.29) is 5.75 Å². The van der Waals surface area contributed by atoms with Gasteiger partial charge in [0, 0.05) is 12.8 Å². The number of hydrogen-bond acceptors (Lipinski definition) is 2. The van der Waals surface area contributed by atoms with Gasteiger partial charge >= 0.3 is 0 Å². The summed E-state index contributed by atoms with van der Waals surface area (Å²) in [5.74, 6) is 0.256. The second-order valence-corrected chi connectivity index (χ2v) is 5.08. The van der Waals surface area contributed by atoms with Crippen molar-refractivity contribution in [2.24, 2.45) is 0 Å². The van der Waals surface area contributed by atoms with Crippen LogP contribution in [-0.4, -0.2) is 15.8 Å². The molecule has 0 aliphatic carbocycles. The van der Waals surface area contributed by atoms with Crippen molar-refractivity contribution in [3.63, 3.8) is 0 Å². The number of hydrogen-bond donors (Lipinski definition) is 2. The summed E-state index contributed by atoms with van der Waals surface area (Å²) in [5.41, 5.74) is 1.45. The fourth-order valence-electron chi connectivity index (χ4n) is 2.28. The lowest BCUT2D eigenvalue weighted by molar-refractivity contribution is 0.0368. The third-order valence-corrected chi connectivity index (χ3v) is 3.50. The van der Waals surface area contributed by atoms with Crippen LogP contribution in [0.2, 0.25) is 0 Å². The molecule has 2 aromatic rings. The average molecular weight is 256 g/mol. The minimum atomic E-state index is -0.738. The Balaban J connectivity index is 2.11. The fourth-order valence-corrected chi connectivity index (χ4v) is 2.28. The third kappa shape index (κ3) is 3.83. The van der Waals surface area contributed by atoms with Crippen LogP contribution in [0.4, 0.5) is 0 Å². The van der Waals surface area contributed by atoms with E-state index in [9.17, 15) is 10.2 Å². The SMILES string of the molecule is CCC(O)(Cc1ccccc1)Cc1ccc(O)cc1. The van der Waals surface area contributed by atoms with E-state index in [1.807, 2.05) is 49.4 Å². The molecule has 2 N–H and O–H groups in total. The summed E-state index contributed by atoms with van der Waals surface area (Å²) in [6, 6.07) is 17.1. The molecule has 2 aromatic carbocycles. The van der Waals surface area contributed by atoms with Gasteiger partial charge in [-0.3, -0.25) is 0 Å². The van der Waals surface area contributed by atoms with E-state index in [1.165, 1.54) is 0 Å². The molecule has 0 saturated carbocycles. The molecular weight excluding hydrogens is 236 g/mol. The molecule has 0 aliphatic heterocycles. The first-order valence-electron chi connectivity index (χ1n) is 6.65. The molecule has 0 amide bonds. The average Bonchev–Trinajstić information content (AvgIpc) is 2.42. The summed E-state index contributed by atoms with van der Waals surface area (Å²) in [4.78, 5) is 0. The van der Waals surface area contributed by atoms with Crippen LogP contribution in [0, 0.1) is 0 Å². The van der Waals surface area contributed by atoms with Crippen LogP contribution >= 0.6 is 0 Å². The molecule has 0 spiro atoms. The summed E-state index contributed by atoms with van der Waals surface area (Å²) < 4.78 is 0. The molecule has 0 heterocycles. The summed E-state index contributed by atoms with van der Waals surface area (Å²) in [7, 11) is 0. The number of benzene rings is 2. The Morgan fingerprint density at radius 1 is 0.842 bits per heavy atom. The van der Waals surface area contributed by atoms with Crippen molar-refractivity contribution in [2.75, 3.05) is 0 Å². The van der Waals surface area contributed by atoms with Crippen molar-refractivity contribution in [1.29, 1.82) is 0 Å². The third-order valence-electron chi connectivity index (χ3n) is 3.50. The molecule has 1 unspecified atom stereocenters. The number of aromatic hydroxyl groups is 1. The Morgan fingerprint density at radius 2 is 1.37 bits per heavy atom. The van der Waals surface area contributed by atoms with Crippen LogP contribution in [-0.2, 0) is 12.8 Å². The zero-order valence-electron chi connectivity index (χ0n) is 11.2. The van der Waals surface area contributed by atoms with Gasteiger partial charge in [0.1, 0.15) is 5.75 Å². The van der Waals surface area contributed by atoms with Crippen LogP contribution in [0.1, 0.15) is 24.5 Å². The molecule has 0 radical (unpaired) electrons. The molecule has 0 saturated heterocycles. The standard InChI is InChI=1S/C17H20O2/c1-2-17(19,12-14-6-4-3-5-7-14)13-15-8-10-16(18)11-9-15/h3-11,18-19H,2,12-13H2,1H3. The van der Waals surface area contributed by atoms with Crippen molar-refractivity contribution in [1.82, 2.24) is 0 Å². The first-order valence-corrected chi connectivity index (χ1v) is 6.65. The van der Waals surface area contributed by atoms with E-state index in [2.05, 4.69) is 0 Å². The highest BCUT2D eigenvalue weighted by Crippen LogP contribution is 2.23. The Kier molecular flexibility index (Phi) is 4.23. The van der Waals surface area contributed by atoms with Gasteiger partial charge in [-0.2, -0.15) is 0 Å². The van der Waals surface area contributed by atoms with Gasteiger partial charge in [0.15, 0.2) is 0 Å². The van der Waals surface area contributed by atoms with Crippen molar-refractivity contribution in [2.45, 2.75) is 31.8 Å². The smallest absolute Gasteiger partial charge is 0.115 e. The minimum absolute atomic E-state index is 0.256. The molecule has 2 rings (SSSR count). The van der Waals surface area contributed by atoms with E-state index in [0.29, 0.717) is 19.3 Å². The van der Waals surface area contributed by atoms with Gasteiger partial charge in [-0.1, -0.05) is 49.4 Å². The monoisotopic (exact) mass is 256 g/mol. The Morgan fingerprint density at radius 3 is 1.89 bits per heavy atom. The van der Waals surface area contributed by atoms with Gasteiger partial charge in [0.05, 0.1) is 5.60 Å². The molecular formula is C17H20O2. The topological polar surface area (TPSA) is 40.5 Å². The lowest BCUT2D eigenvalue weighted by atomic mass is 9.86. The van der Waals surface area contributed by atoms with Crippen molar-refractivity contribution >= 4 is 0 Å². The van der Waals surface area contributed by atoms with E-state index in [1.54, 1.807) is 12.1 Å². The molecule has 0 aliphatic rings. The Labute approximate surface area is 114 Å². The Hall–Kier alpha value is -1.80. The predicted molar refractivity (Wildman–Crippen MR) is 77.2 cm³/mol. The number of rotatable bonds is 5. The number of phenolic OH excluding ortho intramolecular Hbond substituents is 1. The van der Waals surface area contributed by atoms with Gasteiger partial charge in [-0.15, -0.1) is 0 Å². The van der Waals surface area contributed by atoms with Crippen molar-refractivity contribution in [3.05, 3.63) is 65.7 Å². The van der Waals surface area contributed by atoms with Gasteiger partial charge in [-0.05, 0) is 29.7 Å². The zero-order valence-corrected chi connectivity index (χ0v) is 11.2. The summed E-state index contributed by atoms with van der Waals surface area (Å²) >= 11 is 0. The van der Waals surface area contributed by atoms with Gasteiger partial charge in [0.25, 0.3) is 0 Å². The maximum atomic E-state index is 10.7. The Bertz CT molecular complexity index is 505. The highest BCUT2D eigenvalue weighted by Gasteiger charge is 2.25. The van der Waals surface area contributed by atoms with Crippen LogP contribution in [0.25, 0.3) is 0 Å². The maximum absolute atomic E-state index is 10.7. The fraction of sp³-hybridized carbons (Fsp3) is 0.294. The van der Waals surface area contributed by atoms with Crippen LogP contribution < -0.4 is 0 Å². The van der Waals surface area contributed by atoms with Crippen molar-refractivity contribution in [3.8, 4) is 5.75 Å². The van der Waals surface area contributed by atoms with E-state index in [0.717, 1.165) is 11.1 Å². The molecule has 0 bridgehead atoms. The van der Waals surface area contributed by atoms with Gasteiger partial charge in [0.2, 0.25) is 0 Å². The molecule has 100 valence electrons. The lowest BCUT2D eigenvalue weighted by Crippen LogP contribution is -2.33. The van der Waals surface area contributed by atoms with E-state index >= 15 is 0 Å². The second kappa shape index (κ2) is 5.89. The first-order chi connectivity index (χ1) is 9.11. The second-order valence-electron chi connectivity index (χ2n) is 5.08. The van der Waals surface area contributed by atoms with E-state index in [4.69, 9.17) is 0 Å². The summed E-state index contributed by atoms with van der Waals surface area (Å²) in [5, 5.41) is 20.0. The maximum Gasteiger partial charge on any atom is 0.115 e. The van der Waals surface area contributed by atoms with Gasteiger partial charge in [-0.25, -0.2) is 0 Å². The largest absolute Gasteiger partial charge is 0.508 e. The highest BCUT2D eigenvalue weighted by atomic mass is 16.3. The van der Waals surface area contributed by atoms with Crippen LogP contribution in [0.5, 0.6) is 5.75 Å².